The minimum atomic E-state index is -0.822. The molecule has 0 spiro atoms. The van der Waals surface area contributed by atoms with E-state index in [9.17, 15) is 14.7 Å². The molecule has 1 amide bonds. The van der Waals surface area contributed by atoms with E-state index in [0.717, 1.165) is 25.7 Å². The van der Waals surface area contributed by atoms with Crippen LogP contribution in [-0.2, 0) is 9.59 Å². The molecule has 5 fully saturated rings. The predicted octanol–water partition coefficient (Wildman–Crippen LogP) is 2.67. The van der Waals surface area contributed by atoms with Crippen molar-refractivity contribution >= 4 is 11.9 Å². The highest BCUT2D eigenvalue weighted by molar-refractivity contribution is 5.88. The van der Waals surface area contributed by atoms with Gasteiger partial charge < -0.3 is 10.0 Å². The Balaban J connectivity index is 1.63. The maximum absolute atomic E-state index is 13.2. The standard InChI is InChI=1S/C17H25NO3/c1-16-6-11-5-12(7-16)9-17(8-11,10-16)15(21)18-4-2-3-13(18)14(19)20/h11-13H,2-10H2,1H3,(H,19,20)/t11?,12?,13-,16?,17?/m1/s1. The molecule has 4 heteroatoms. The van der Waals surface area contributed by atoms with Crippen LogP contribution in [0, 0.1) is 22.7 Å². The fourth-order valence-electron chi connectivity index (χ4n) is 6.54. The number of carboxylic acids is 1. The Labute approximate surface area is 125 Å². The molecule has 0 radical (unpaired) electrons. The molecule has 116 valence electrons. The van der Waals surface area contributed by atoms with E-state index in [4.69, 9.17) is 0 Å². The van der Waals surface area contributed by atoms with Crippen LogP contribution in [0.1, 0.15) is 58.3 Å². The maximum Gasteiger partial charge on any atom is 0.326 e. The van der Waals surface area contributed by atoms with Crippen molar-refractivity contribution in [2.75, 3.05) is 6.54 Å². The number of likely N-dealkylation sites (tertiary alicyclic amines) is 1. The summed E-state index contributed by atoms with van der Waals surface area (Å²) in [4.78, 5) is 26.3. The molecule has 4 aliphatic carbocycles. The van der Waals surface area contributed by atoms with Crippen LogP contribution in [-0.4, -0.2) is 34.5 Å². The first kappa shape index (κ1) is 13.6. The van der Waals surface area contributed by atoms with Crippen LogP contribution in [0.25, 0.3) is 0 Å². The van der Waals surface area contributed by atoms with Crippen LogP contribution in [0.15, 0.2) is 0 Å². The lowest BCUT2D eigenvalue weighted by Gasteiger charge is -2.61. The Morgan fingerprint density at radius 1 is 1.14 bits per heavy atom. The highest BCUT2D eigenvalue weighted by Crippen LogP contribution is 2.65. The first-order chi connectivity index (χ1) is 9.91. The summed E-state index contributed by atoms with van der Waals surface area (Å²) in [7, 11) is 0. The van der Waals surface area contributed by atoms with Crippen molar-refractivity contribution in [3.63, 3.8) is 0 Å². The van der Waals surface area contributed by atoms with Gasteiger partial charge in [-0.1, -0.05) is 6.92 Å². The highest BCUT2D eigenvalue weighted by Gasteiger charge is 2.60. The Kier molecular flexibility index (Phi) is 2.74. The summed E-state index contributed by atoms with van der Waals surface area (Å²) in [6, 6.07) is -0.571. The van der Waals surface area contributed by atoms with E-state index in [1.807, 2.05) is 0 Å². The summed E-state index contributed by atoms with van der Waals surface area (Å²) in [5, 5.41) is 9.37. The largest absolute Gasteiger partial charge is 0.480 e. The molecule has 1 saturated heterocycles. The molecule has 5 aliphatic rings. The molecule has 5 rings (SSSR count). The molecular formula is C17H25NO3. The van der Waals surface area contributed by atoms with Crippen LogP contribution >= 0.6 is 0 Å². The number of carbonyl (C=O) groups excluding carboxylic acids is 1. The summed E-state index contributed by atoms with van der Waals surface area (Å²) < 4.78 is 0. The van der Waals surface area contributed by atoms with Crippen molar-refractivity contribution in [1.29, 1.82) is 0 Å². The van der Waals surface area contributed by atoms with E-state index in [-0.39, 0.29) is 11.3 Å². The van der Waals surface area contributed by atoms with E-state index in [1.54, 1.807) is 4.90 Å². The van der Waals surface area contributed by atoms with Crippen molar-refractivity contribution in [1.82, 2.24) is 4.90 Å². The van der Waals surface area contributed by atoms with Crippen LogP contribution in [0.4, 0.5) is 0 Å². The number of rotatable bonds is 2. The number of hydrogen-bond acceptors (Lipinski definition) is 2. The lowest BCUT2D eigenvalue weighted by atomic mass is 9.44. The van der Waals surface area contributed by atoms with Gasteiger partial charge in [0.25, 0.3) is 0 Å². The van der Waals surface area contributed by atoms with Crippen molar-refractivity contribution in [3.05, 3.63) is 0 Å². The Hall–Kier alpha value is -1.06. The van der Waals surface area contributed by atoms with E-state index in [0.29, 0.717) is 30.2 Å². The van der Waals surface area contributed by atoms with Crippen molar-refractivity contribution in [3.8, 4) is 0 Å². The van der Waals surface area contributed by atoms with Gasteiger partial charge in [-0.3, -0.25) is 4.79 Å². The number of nitrogens with zero attached hydrogens (tertiary/aromatic N) is 1. The molecule has 0 aromatic rings. The average molecular weight is 291 g/mol. The Morgan fingerprint density at radius 3 is 2.38 bits per heavy atom. The molecule has 4 saturated carbocycles. The first-order valence-corrected chi connectivity index (χ1v) is 8.45. The minimum Gasteiger partial charge on any atom is -0.480 e. The zero-order valence-electron chi connectivity index (χ0n) is 12.8. The van der Waals surface area contributed by atoms with Gasteiger partial charge in [-0.2, -0.15) is 0 Å². The maximum atomic E-state index is 13.2. The quantitative estimate of drug-likeness (QED) is 0.851. The van der Waals surface area contributed by atoms with Gasteiger partial charge in [-0.05, 0) is 68.6 Å². The van der Waals surface area contributed by atoms with E-state index in [2.05, 4.69) is 6.92 Å². The molecule has 0 aromatic heterocycles. The number of carboxylic acid groups (broad SMARTS) is 1. The monoisotopic (exact) mass is 291 g/mol. The molecule has 4 nitrogen and oxygen atoms in total. The molecule has 0 aromatic carbocycles. The fourth-order valence-corrected chi connectivity index (χ4v) is 6.54. The third-order valence-corrected chi connectivity index (χ3v) is 6.61. The Morgan fingerprint density at radius 2 is 1.81 bits per heavy atom. The summed E-state index contributed by atoms with van der Waals surface area (Å²) in [5.41, 5.74) is 0.106. The third-order valence-electron chi connectivity index (χ3n) is 6.61. The second-order valence-corrected chi connectivity index (χ2v) is 8.55. The lowest BCUT2D eigenvalue weighted by molar-refractivity contribution is -0.170. The summed E-state index contributed by atoms with van der Waals surface area (Å²) in [6.45, 7) is 2.99. The average Bonchev–Trinajstić information content (AvgIpc) is 2.83. The molecule has 21 heavy (non-hydrogen) atoms. The molecule has 1 heterocycles. The molecular weight excluding hydrogens is 266 g/mol. The van der Waals surface area contributed by atoms with Gasteiger partial charge in [0.2, 0.25) is 5.91 Å². The van der Waals surface area contributed by atoms with Crippen LogP contribution in [0.5, 0.6) is 0 Å². The molecule has 4 bridgehead atoms. The summed E-state index contributed by atoms with van der Waals surface area (Å²) >= 11 is 0. The molecule has 1 aliphatic heterocycles. The lowest BCUT2D eigenvalue weighted by Crippen LogP contribution is -2.58. The van der Waals surface area contributed by atoms with E-state index in [1.165, 1.54) is 19.3 Å². The van der Waals surface area contributed by atoms with Gasteiger partial charge in [0.15, 0.2) is 0 Å². The van der Waals surface area contributed by atoms with Gasteiger partial charge in [0, 0.05) is 6.54 Å². The Bertz CT molecular complexity index is 486. The number of amides is 1. The van der Waals surface area contributed by atoms with Gasteiger partial charge in [-0.25, -0.2) is 4.79 Å². The normalized spacial score (nSPS) is 47.9. The molecule has 3 atom stereocenters. The smallest absolute Gasteiger partial charge is 0.326 e. The van der Waals surface area contributed by atoms with E-state index < -0.39 is 12.0 Å². The van der Waals surface area contributed by atoms with E-state index >= 15 is 0 Å². The van der Waals surface area contributed by atoms with Crippen LogP contribution in [0.3, 0.4) is 0 Å². The van der Waals surface area contributed by atoms with Gasteiger partial charge >= 0.3 is 5.97 Å². The van der Waals surface area contributed by atoms with Crippen LogP contribution in [0.2, 0.25) is 0 Å². The zero-order valence-corrected chi connectivity index (χ0v) is 12.8. The fraction of sp³-hybridized carbons (Fsp3) is 0.882. The minimum absolute atomic E-state index is 0.174. The van der Waals surface area contributed by atoms with Gasteiger partial charge in [0.1, 0.15) is 6.04 Å². The number of aliphatic carboxylic acids is 1. The zero-order chi connectivity index (χ0) is 14.8. The third kappa shape index (κ3) is 1.94. The number of carbonyl (C=O) groups is 2. The topological polar surface area (TPSA) is 57.6 Å². The highest BCUT2D eigenvalue weighted by atomic mass is 16.4. The first-order valence-electron chi connectivity index (χ1n) is 8.45. The molecule has 2 unspecified atom stereocenters. The predicted molar refractivity (Wildman–Crippen MR) is 77.6 cm³/mol. The SMILES string of the molecule is CC12CC3CC(C1)CC(C(=O)N1CCC[C@@H]1C(=O)O)(C3)C2. The van der Waals surface area contributed by atoms with Crippen molar-refractivity contribution in [2.24, 2.45) is 22.7 Å². The van der Waals surface area contributed by atoms with Crippen LogP contribution < -0.4 is 0 Å². The number of hydrogen-bond donors (Lipinski definition) is 1. The molecule has 1 N–H and O–H groups in total. The summed E-state index contributed by atoms with van der Waals surface area (Å²) in [5.74, 6) is 0.752. The summed E-state index contributed by atoms with van der Waals surface area (Å²) in [6.07, 6.45) is 8.34. The van der Waals surface area contributed by atoms with Gasteiger partial charge in [0.05, 0.1) is 5.41 Å². The second kappa shape index (κ2) is 4.23. The second-order valence-electron chi connectivity index (χ2n) is 8.55. The van der Waals surface area contributed by atoms with Gasteiger partial charge in [-0.15, -0.1) is 0 Å². The van der Waals surface area contributed by atoms with Crippen molar-refractivity contribution < 1.29 is 14.7 Å². The van der Waals surface area contributed by atoms with Crippen molar-refractivity contribution in [2.45, 2.75) is 64.3 Å².